The van der Waals surface area contributed by atoms with Gasteiger partial charge in [0.25, 0.3) is 10.0 Å². The zero-order valence-electron chi connectivity index (χ0n) is 17.7. The predicted molar refractivity (Wildman–Crippen MR) is 115 cm³/mol. The van der Waals surface area contributed by atoms with Gasteiger partial charge in [0.15, 0.2) is 17.1 Å². The van der Waals surface area contributed by atoms with Crippen LogP contribution in [0.25, 0.3) is 17.1 Å². The van der Waals surface area contributed by atoms with Gasteiger partial charge in [-0.15, -0.1) is 0 Å². The number of rotatable bonds is 7. The van der Waals surface area contributed by atoms with Crippen LogP contribution in [0.1, 0.15) is 11.3 Å². The molecule has 164 valence electrons. The molecular weight excluding hydrogens is 424 g/mol. The van der Waals surface area contributed by atoms with Crippen LogP contribution >= 0.6 is 0 Å². The average Bonchev–Trinajstić information content (AvgIpc) is 3.03. The fraction of sp³-hybridized carbons (Fsp3) is 0.250. The first-order chi connectivity index (χ1) is 14.7. The van der Waals surface area contributed by atoms with Crippen LogP contribution in [-0.2, 0) is 26.6 Å². The Morgan fingerprint density at radius 1 is 1.16 bits per heavy atom. The third-order valence-corrected chi connectivity index (χ3v) is 5.87. The van der Waals surface area contributed by atoms with Crippen molar-refractivity contribution < 1.29 is 27.4 Å². The fourth-order valence-corrected chi connectivity index (χ4v) is 4.30. The molecule has 11 heteroatoms. The van der Waals surface area contributed by atoms with Crippen LogP contribution in [0, 0.1) is 6.92 Å². The minimum Gasteiger partial charge on any atom is -0.493 e. The number of ether oxygens (including phenoxy) is 3. The summed E-state index contributed by atoms with van der Waals surface area (Å²) in [6.45, 7) is 1.81. The monoisotopic (exact) mass is 446 g/mol. The molecule has 2 aromatic heterocycles. The van der Waals surface area contributed by atoms with E-state index in [0.29, 0.717) is 11.2 Å². The number of hydrogen-bond donors (Lipinski definition) is 1. The van der Waals surface area contributed by atoms with E-state index in [2.05, 4.69) is 19.5 Å². The number of aryl methyl sites for hydroxylation is 2. The summed E-state index contributed by atoms with van der Waals surface area (Å²) in [5.41, 5.74) is 2.02. The molecule has 31 heavy (non-hydrogen) atoms. The number of methoxy groups -OCH3 is 3. The van der Waals surface area contributed by atoms with Crippen LogP contribution in [0.4, 0.5) is 5.69 Å². The van der Waals surface area contributed by atoms with E-state index in [1.165, 1.54) is 45.7 Å². The largest absolute Gasteiger partial charge is 0.493 e. The standard InChI is InChI=1S/C20H22N4O6S/c1-12-15-10-14(11-21-20(15)24(2)22-12)23-31(26,27)17-9-13(6-7-18(25)29-4)8-16(28-3)19(17)30-5/h6-11,23H,1-5H3/b7-6+. The molecule has 0 aliphatic heterocycles. The first kappa shape index (κ1) is 22.1. The number of nitrogens with zero attached hydrogens (tertiary/aromatic N) is 3. The molecule has 0 radical (unpaired) electrons. The molecule has 0 unspecified atom stereocenters. The predicted octanol–water partition coefficient (Wildman–Crippen LogP) is 2.28. The first-order valence-corrected chi connectivity index (χ1v) is 10.5. The van der Waals surface area contributed by atoms with Crippen LogP contribution in [0.3, 0.4) is 0 Å². The number of benzene rings is 1. The number of nitrogens with one attached hydrogen (secondary N) is 1. The van der Waals surface area contributed by atoms with Gasteiger partial charge in [-0.05, 0) is 36.8 Å². The Morgan fingerprint density at radius 3 is 2.55 bits per heavy atom. The number of pyridine rings is 1. The summed E-state index contributed by atoms with van der Waals surface area (Å²) < 4.78 is 45.7. The minimum atomic E-state index is -4.10. The molecular formula is C20H22N4O6S. The molecule has 0 aliphatic carbocycles. The highest BCUT2D eigenvalue weighted by atomic mass is 32.2. The van der Waals surface area contributed by atoms with Crippen LogP contribution < -0.4 is 14.2 Å². The van der Waals surface area contributed by atoms with Crippen molar-refractivity contribution in [3.63, 3.8) is 0 Å². The first-order valence-electron chi connectivity index (χ1n) is 9.04. The lowest BCUT2D eigenvalue weighted by molar-refractivity contribution is -0.134. The van der Waals surface area contributed by atoms with Gasteiger partial charge in [-0.25, -0.2) is 18.2 Å². The number of hydrogen-bond acceptors (Lipinski definition) is 8. The molecule has 0 saturated heterocycles. The van der Waals surface area contributed by atoms with E-state index in [1.807, 2.05) is 6.92 Å². The summed E-state index contributed by atoms with van der Waals surface area (Å²) in [4.78, 5) is 15.5. The highest BCUT2D eigenvalue weighted by Crippen LogP contribution is 2.37. The Bertz CT molecular complexity index is 1280. The smallest absolute Gasteiger partial charge is 0.330 e. The van der Waals surface area contributed by atoms with Gasteiger partial charge in [0.1, 0.15) is 4.90 Å². The lowest BCUT2D eigenvalue weighted by atomic mass is 10.2. The van der Waals surface area contributed by atoms with Crippen LogP contribution in [0.15, 0.2) is 35.4 Å². The highest BCUT2D eigenvalue weighted by molar-refractivity contribution is 7.92. The molecule has 10 nitrogen and oxygen atoms in total. The Kier molecular flexibility index (Phi) is 6.16. The van der Waals surface area contributed by atoms with E-state index in [9.17, 15) is 13.2 Å². The van der Waals surface area contributed by atoms with Gasteiger partial charge in [-0.3, -0.25) is 9.40 Å². The summed E-state index contributed by atoms with van der Waals surface area (Å²) in [5.74, 6) is -0.369. The molecule has 0 atom stereocenters. The highest BCUT2D eigenvalue weighted by Gasteiger charge is 2.24. The Balaban J connectivity index is 2.07. The van der Waals surface area contributed by atoms with Crippen molar-refractivity contribution in [1.29, 1.82) is 0 Å². The second-order valence-electron chi connectivity index (χ2n) is 6.52. The van der Waals surface area contributed by atoms with Crippen molar-refractivity contribution in [2.24, 2.45) is 7.05 Å². The van der Waals surface area contributed by atoms with Crippen molar-refractivity contribution in [2.75, 3.05) is 26.1 Å². The number of fused-ring (bicyclic) bond motifs is 1. The lowest BCUT2D eigenvalue weighted by Gasteiger charge is -2.15. The Labute approximate surface area is 179 Å². The van der Waals surface area contributed by atoms with Crippen LogP contribution in [0.2, 0.25) is 0 Å². The van der Waals surface area contributed by atoms with E-state index in [0.717, 1.165) is 11.1 Å². The lowest BCUT2D eigenvalue weighted by Crippen LogP contribution is -2.15. The number of esters is 1. The van der Waals surface area contributed by atoms with Gasteiger partial charge in [0, 0.05) is 18.5 Å². The summed E-state index contributed by atoms with van der Waals surface area (Å²) in [6.07, 6.45) is 4.00. The maximum Gasteiger partial charge on any atom is 0.330 e. The number of sulfonamides is 1. The van der Waals surface area contributed by atoms with Gasteiger partial charge in [0.2, 0.25) is 0 Å². The van der Waals surface area contributed by atoms with E-state index in [-0.39, 0.29) is 22.1 Å². The third kappa shape index (κ3) is 4.45. The van der Waals surface area contributed by atoms with Gasteiger partial charge in [-0.1, -0.05) is 0 Å². The summed E-state index contributed by atoms with van der Waals surface area (Å²) in [5, 5.41) is 5.01. The van der Waals surface area contributed by atoms with E-state index < -0.39 is 16.0 Å². The Hall–Kier alpha value is -3.60. The van der Waals surface area contributed by atoms with Crippen molar-refractivity contribution in [1.82, 2.24) is 14.8 Å². The van der Waals surface area contributed by atoms with E-state index in [4.69, 9.17) is 9.47 Å². The fourth-order valence-electron chi connectivity index (χ4n) is 3.05. The molecule has 3 aromatic rings. The molecule has 3 rings (SSSR count). The van der Waals surface area contributed by atoms with E-state index >= 15 is 0 Å². The minimum absolute atomic E-state index is 0.0248. The quantitative estimate of drug-likeness (QED) is 0.433. The zero-order chi connectivity index (χ0) is 22.8. The van der Waals surface area contributed by atoms with Crippen LogP contribution in [0.5, 0.6) is 11.5 Å². The molecule has 2 heterocycles. The SMILES string of the molecule is COC(=O)/C=C/c1cc(OC)c(OC)c(S(=O)(=O)Nc2cnc3c(c2)c(C)nn3C)c1. The number of carbonyl (C=O) groups excluding carboxylic acids is 1. The molecule has 1 aromatic carbocycles. The molecule has 0 saturated carbocycles. The molecule has 0 aliphatic rings. The summed E-state index contributed by atoms with van der Waals surface area (Å²) in [6, 6.07) is 4.57. The van der Waals surface area contributed by atoms with Gasteiger partial charge < -0.3 is 14.2 Å². The van der Waals surface area contributed by atoms with E-state index in [1.54, 1.807) is 23.9 Å². The third-order valence-electron chi connectivity index (χ3n) is 4.48. The average molecular weight is 446 g/mol. The van der Waals surface area contributed by atoms with Gasteiger partial charge in [-0.2, -0.15) is 5.10 Å². The topological polar surface area (TPSA) is 122 Å². The number of aromatic nitrogens is 3. The Morgan fingerprint density at radius 2 is 1.90 bits per heavy atom. The second kappa shape index (κ2) is 8.64. The summed E-state index contributed by atoms with van der Waals surface area (Å²) in [7, 11) is 1.63. The van der Waals surface area contributed by atoms with Crippen molar-refractivity contribution >= 4 is 38.8 Å². The molecule has 0 bridgehead atoms. The number of carbonyl (C=O) groups is 1. The maximum atomic E-state index is 13.2. The molecule has 0 spiro atoms. The molecule has 1 N–H and O–H groups in total. The van der Waals surface area contributed by atoms with Gasteiger partial charge >= 0.3 is 5.97 Å². The normalized spacial score (nSPS) is 11.6. The van der Waals surface area contributed by atoms with Gasteiger partial charge in [0.05, 0.1) is 38.9 Å². The van der Waals surface area contributed by atoms with Crippen molar-refractivity contribution in [2.45, 2.75) is 11.8 Å². The summed E-state index contributed by atoms with van der Waals surface area (Å²) >= 11 is 0. The van der Waals surface area contributed by atoms with Crippen LogP contribution in [-0.4, -0.2) is 50.5 Å². The van der Waals surface area contributed by atoms with Crippen molar-refractivity contribution in [3.8, 4) is 11.5 Å². The van der Waals surface area contributed by atoms with Crippen molar-refractivity contribution in [3.05, 3.63) is 41.7 Å². The molecule has 0 fully saturated rings. The zero-order valence-corrected chi connectivity index (χ0v) is 18.5. The molecule has 0 amide bonds. The maximum absolute atomic E-state index is 13.2. The second-order valence-corrected chi connectivity index (χ2v) is 8.17. The number of anilines is 1.